The van der Waals surface area contributed by atoms with Crippen LogP contribution in [-0.4, -0.2) is 94.1 Å². The Bertz CT molecular complexity index is 592. The molecule has 4 nitrogen and oxygen atoms in total. The average Bonchev–Trinajstić information content (AvgIpc) is 3.28. The number of nitrogens with zero attached hydrogens (tertiary/aromatic N) is 4. The Kier molecular flexibility index (Phi) is 14.9. The molecule has 4 heteroatoms. The quantitative estimate of drug-likeness (QED) is 0.309. The third-order valence-corrected chi connectivity index (χ3v) is 8.90. The molecule has 38 heavy (non-hydrogen) atoms. The summed E-state index contributed by atoms with van der Waals surface area (Å²) in [6.45, 7) is 40.3. The zero-order valence-electron chi connectivity index (χ0n) is 28.7. The highest BCUT2D eigenvalue weighted by Gasteiger charge is 2.26. The summed E-state index contributed by atoms with van der Waals surface area (Å²) in [6, 6.07) is 0. The second-order valence-corrected chi connectivity index (χ2v) is 16.4. The van der Waals surface area contributed by atoms with Crippen LogP contribution in [0.5, 0.6) is 0 Å². The van der Waals surface area contributed by atoms with E-state index >= 15 is 0 Å². The van der Waals surface area contributed by atoms with Crippen LogP contribution >= 0.6 is 0 Å². The molecule has 4 rings (SSSR count). The first-order valence-corrected chi connectivity index (χ1v) is 16.3. The maximum atomic E-state index is 2.59. The molecule has 0 saturated carbocycles. The molecule has 4 aliphatic heterocycles. The van der Waals surface area contributed by atoms with E-state index in [1.165, 1.54) is 104 Å². The van der Waals surface area contributed by atoms with E-state index in [0.29, 0.717) is 22.2 Å². The van der Waals surface area contributed by atoms with Crippen molar-refractivity contribution in [3.8, 4) is 0 Å². The molecule has 0 spiro atoms. The van der Waals surface area contributed by atoms with Crippen molar-refractivity contribution in [3.63, 3.8) is 0 Å². The van der Waals surface area contributed by atoms with Gasteiger partial charge in [-0.2, -0.15) is 0 Å². The number of piperidine rings is 2. The van der Waals surface area contributed by atoms with Crippen LogP contribution in [0.2, 0.25) is 0 Å². The van der Waals surface area contributed by atoms with E-state index in [0.717, 1.165) is 5.92 Å². The van der Waals surface area contributed by atoms with Crippen molar-refractivity contribution < 1.29 is 0 Å². The predicted molar refractivity (Wildman–Crippen MR) is 171 cm³/mol. The summed E-state index contributed by atoms with van der Waals surface area (Å²) in [5.74, 6) is 0.952. The lowest BCUT2D eigenvalue weighted by Crippen LogP contribution is -2.49. The SMILES string of the molecule is CC(C)(C)N1CCC1.CC(C)(C)N1CCCC1.CC(C)(C)N1CCCCC1.CC1CCN(C(C)(C)C)CC1. The molecule has 0 N–H and O–H groups in total. The summed E-state index contributed by atoms with van der Waals surface area (Å²) in [5.41, 5.74) is 1.63. The Labute approximate surface area is 241 Å². The number of rotatable bonds is 0. The van der Waals surface area contributed by atoms with E-state index in [9.17, 15) is 0 Å². The molecule has 4 heterocycles. The molecule has 0 aromatic rings. The third-order valence-electron chi connectivity index (χ3n) is 8.90. The van der Waals surface area contributed by atoms with E-state index in [-0.39, 0.29) is 0 Å². The Morgan fingerprint density at radius 3 is 0.789 bits per heavy atom. The van der Waals surface area contributed by atoms with Crippen molar-refractivity contribution in [1.82, 2.24) is 19.6 Å². The second-order valence-electron chi connectivity index (χ2n) is 16.4. The van der Waals surface area contributed by atoms with Gasteiger partial charge in [0.1, 0.15) is 0 Å². The molecular weight excluding hydrogens is 464 g/mol. The van der Waals surface area contributed by atoms with Gasteiger partial charge in [-0.15, -0.1) is 0 Å². The van der Waals surface area contributed by atoms with Crippen molar-refractivity contribution >= 4 is 0 Å². The van der Waals surface area contributed by atoms with Gasteiger partial charge in [-0.3, -0.25) is 19.6 Å². The van der Waals surface area contributed by atoms with E-state index < -0.39 is 0 Å². The minimum absolute atomic E-state index is 0.389. The zero-order chi connectivity index (χ0) is 29.2. The molecule has 228 valence electrons. The van der Waals surface area contributed by atoms with Gasteiger partial charge in [-0.1, -0.05) is 13.3 Å². The molecule has 4 fully saturated rings. The Morgan fingerprint density at radius 1 is 0.342 bits per heavy atom. The predicted octanol–water partition coefficient (Wildman–Crippen LogP) is 8.16. The molecule has 0 aromatic carbocycles. The van der Waals surface area contributed by atoms with Crippen molar-refractivity contribution in [1.29, 1.82) is 0 Å². The smallest absolute Gasteiger partial charge is 0.0125 e. The Hall–Kier alpha value is -0.160. The van der Waals surface area contributed by atoms with Crippen molar-refractivity contribution in [2.45, 2.75) is 164 Å². The summed E-state index contributed by atoms with van der Waals surface area (Å²) in [4.78, 5) is 10.2. The number of likely N-dealkylation sites (tertiary alicyclic amines) is 4. The van der Waals surface area contributed by atoms with E-state index in [2.05, 4.69) is 110 Å². The fourth-order valence-corrected chi connectivity index (χ4v) is 5.62. The van der Waals surface area contributed by atoms with Gasteiger partial charge in [0.25, 0.3) is 0 Å². The normalized spacial score (nSPS) is 23.3. The largest absolute Gasteiger partial charge is 0.298 e. The second kappa shape index (κ2) is 15.7. The van der Waals surface area contributed by atoms with Crippen molar-refractivity contribution in [3.05, 3.63) is 0 Å². The summed E-state index contributed by atoms with van der Waals surface area (Å²) in [5, 5.41) is 0. The molecule has 0 radical (unpaired) electrons. The maximum absolute atomic E-state index is 2.59. The minimum Gasteiger partial charge on any atom is -0.298 e. The van der Waals surface area contributed by atoms with E-state index in [4.69, 9.17) is 0 Å². The monoisotopic (exact) mass is 537 g/mol. The maximum Gasteiger partial charge on any atom is 0.0125 e. The van der Waals surface area contributed by atoms with Crippen LogP contribution in [-0.2, 0) is 0 Å². The average molecular weight is 537 g/mol. The van der Waals surface area contributed by atoms with Crippen LogP contribution in [0.15, 0.2) is 0 Å². The van der Waals surface area contributed by atoms with Gasteiger partial charge in [0.05, 0.1) is 0 Å². The lowest BCUT2D eigenvalue weighted by Gasteiger charge is -2.42. The highest BCUT2D eigenvalue weighted by Crippen LogP contribution is 2.23. The highest BCUT2D eigenvalue weighted by atomic mass is 15.2. The van der Waals surface area contributed by atoms with Gasteiger partial charge in [0.15, 0.2) is 0 Å². The standard InChI is InChI=1S/C10H21N.C9H19N.C8H17N.C7H15N/c1-9-5-7-11(8-6-9)10(2,3)4;1-9(2,3)10-7-5-4-6-8-10;1-8(2,3)9-6-4-5-7-9;1-7(2,3)8-5-4-6-8/h9H,5-8H2,1-4H3;4-8H2,1-3H3;4-7H2,1-3H3;4-6H2,1-3H3. The third kappa shape index (κ3) is 14.5. The number of hydrogen-bond acceptors (Lipinski definition) is 4. The first kappa shape index (κ1) is 35.9. The number of hydrogen-bond donors (Lipinski definition) is 0. The van der Waals surface area contributed by atoms with Gasteiger partial charge >= 0.3 is 0 Å². The van der Waals surface area contributed by atoms with Gasteiger partial charge in [-0.25, -0.2) is 0 Å². The first-order chi connectivity index (χ1) is 17.3. The summed E-state index contributed by atoms with van der Waals surface area (Å²) in [7, 11) is 0. The van der Waals surface area contributed by atoms with Gasteiger partial charge in [0.2, 0.25) is 0 Å². The van der Waals surface area contributed by atoms with Crippen LogP contribution < -0.4 is 0 Å². The Morgan fingerprint density at radius 2 is 0.579 bits per heavy atom. The lowest BCUT2D eigenvalue weighted by atomic mass is 9.95. The van der Waals surface area contributed by atoms with Crippen LogP contribution in [0.4, 0.5) is 0 Å². The van der Waals surface area contributed by atoms with Crippen LogP contribution in [0.3, 0.4) is 0 Å². The molecule has 0 amide bonds. The topological polar surface area (TPSA) is 13.0 Å². The molecule has 0 aromatic heterocycles. The molecule has 0 bridgehead atoms. The van der Waals surface area contributed by atoms with Crippen LogP contribution in [0, 0.1) is 5.92 Å². The highest BCUT2D eigenvalue weighted by molar-refractivity contribution is 4.82. The molecule has 4 saturated heterocycles. The fraction of sp³-hybridized carbons (Fsp3) is 1.00. The van der Waals surface area contributed by atoms with Gasteiger partial charge < -0.3 is 0 Å². The Balaban J connectivity index is 0.000000255. The summed E-state index contributed by atoms with van der Waals surface area (Å²) < 4.78 is 0. The lowest BCUT2D eigenvalue weighted by molar-refractivity contribution is 0.0690. The van der Waals surface area contributed by atoms with Crippen LogP contribution in [0.1, 0.15) is 141 Å². The van der Waals surface area contributed by atoms with Gasteiger partial charge in [-0.05, 0) is 186 Å². The summed E-state index contributed by atoms with van der Waals surface area (Å²) >= 11 is 0. The first-order valence-electron chi connectivity index (χ1n) is 16.3. The zero-order valence-corrected chi connectivity index (χ0v) is 28.7. The molecule has 4 aliphatic rings. The van der Waals surface area contributed by atoms with Crippen LogP contribution in [0.25, 0.3) is 0 Å². The molecule has 0 unspecified atom stereocenters. The minimum atomic E-state index is 0.389. The van der Waals surface area contributed by atoms with Crippen molar-refractivity contribution in [2.24, 2.45) is 5.92 Å². The molecule has 0 aliphatic carbocycles. The van der Waals surface area contributed by atoms with E-state index in [1.807, 2.05) is 0 Å². The van der Waals surface area contributed by atoms with Gasteiger partial charge in [0, 0.05) is 22.2 Å². The van der Waals surface area contributed by atoms with Crippen molar-refractivity contribution in [2.75, 3.05) is 52.4 Å². The molecular formula is C34H72N4. The fourth-order valence-electron chi connectivity index (χ4n) is 5.62. The van der Waals surface area contributed by atoms with E-state index in [1.54, 1.807) is 0 Å². The summed E-state index contributed by atoms with van der Waals surface area (Å²) in [6.07, 6.45) is 11.2. The molecule has 0 atom stereocenters.